The first-order valence-electron chi connectivity index (χ1n) is 4.47. The maximum atomic E-state index is 12.3. The second-order valence-electron chi connectivity index (χ2n) is 2.20. The number of aromatic nitrogens is 2. The minimum atomic E-state index is -2.77. The van der Waals surface area contributed by atoms with Crippen molar-refractivity contribution in [1.29, 1.82) is 0 Å². The highest BCUT2D eigenvalue weighted by atomic mass is 19.3. The van der Waals surface area contributed by atoms with E-state index in [9.17, 15) is 13.6 Å². The largest absolute Gasteiger partial charge is 0.355 e. The van der Waals surface area contributed by atoms with Gasteiger partial charge in [-0.2, -0.15) is 0 Å². The Hall–Kier alpha value is -1.59. The third kappa shape index (κ3) is 3.57. The second kappa shape index (κ2) is 6.80. The molecule has 1 rings (SSSR count). The van der Waals surface area contributed by atoms with E-state index < -0.39 is 18.0 Å². The Kier molecular flexibility index (Phi) is 6.08. The van der Waals surface area contributed by atoms with Crippen LogP contribution < -0.4 is 5.32 Å². The lowest BCUT2D eigenvalue weighted by Crippen LogP contribution is -2.20. The number of amides is 1. The van der Waals surface area contributed by atoms with Crippen LogP contribution in [0.4, 0.5) is 8.78 Å². The van der Waals surface area contributed by atoms with E-state index in [1.54, 1.807) is 0 Å². The maximum absolute atomic E-state index is 12.3. The van der Waals surface area contributed by atoms with Gasteiger partial charge in [-0.05, 0) is 0 Å². The van der Waals surface area contributed by atoms with Gasteiger partial charge in [0, 0.05) is 13.2 Å². The van der Waals surface area contributed by atoms with Crippen LogP contribution in [0, 0.1) is 0 Å². The van der Waals surface area contributed by atoms with Crippen LogP contribution in [0.15, 0.2) is 12.5 Å². The Morgan fingerprint density at radius 3 is 2.53 bits per heavy atom. The van der Waals surface area contributed by atoms with E-state index in [-0.39, 0.29) is 5.56 Å². The molecule has 0 aliphatic rings. The molecule has 0 fully saturated rings. The minimum absolute atomic E-state index is 0.194. The first kappa shape index (κ1) is 13.4. The highest BCUT2D eigenvalue weighted by Crippen LogP contribution is 2.18. The number of carbonyl (C=O) groups is 1. The van der Waals surface area contributed by atoms with Gasteiger partial charge >= 0.3 is 0 Å². The van der Waals surface area contributed by atoms with Gasteiger partial charge in [-0.3, -0.25) is 4.79 Å². The van der Waals surface area contributed by atoms with Crippen molar-refractivity contribution in [2.45, 2.75) is 20.3 Å². The molecule has 1 aromatic rings. The van der Waals surface area contributed by atoms with E-state index in [4.69, 9.17) is 0 Å². The van der Waals surface area contributed by atoms with Gasteiger partial charge in [0.15, 0.2) is 0 Å². The average Bonchev–Trinajstić information content (AvgIpc) is 2.30. The highest BCUT2D eigenvalue weighted by molar-refractivity contribution is 5.94. The predicted molar refractivity (Wildman–Crippen MR) is 51.7 cm³/mol. The molecular formula is C9H13F2N3O. The molecule has 4 nitrogen and oxygen atoms in total. The summed E-state index contributed by atoms with van der Waals surface area (Å²) in [4.78, 5) is 17.8. The summed E-state index contributed by atoms with van der Waals surface area (Å²) in [5.41, 5.74) is -0.741. The Balaban J connectivity index is 0.000000921. The lowest BCUT2D eigenvalue weighted by molar-refractivity contribution is 0.0945. The van der Waals surface area contributed by atoms with Crippen LogP contribution in [0.5, 0.6) is 0 Å². The fraction of sp³-hybridized carbons (Fsp3) is 0.444. The van der Waals surface area contributed by atoms with E-state index in [0.717, 1.165) is 12.5 Å². The Bertz CT molecular complexity index is 318. The van der Waals surface area contributed by atoms with Crippen molar-refractivity contribution in [3.8, 4) is 0 Å². The van der Waals surface area contributed by atoms with Gasteiger partial charge in [-0.25, -0.2) is 18.7 Å². The molecule has 84 valence electrons. The smallest absolute Gasteiger partial charge is 0.281 e. The van der Waals surface area contributed by atoms with E-state index in [1.807, 2.05) is 13.8 Å². The standard InChI is InChI=1S/C7H7F2N3O.C2H6/c1-10-7(13)4-2-11-3-12-5(4)6(8)9;1-2/h2-3,6H,1H3,(H,10,13);1-2H3. The van der Waals surface area contributed by atoms with Crippen LogP contribution in [-0.2, 0) is 0 Å². The van der Waals surface area contributed by atoms with Gasteiger partial charge < -0.3 is 5.32 Å². The van der Waals surface area contributed by atoms with Gasteiger partial charge in [0.25, 0.3) is 12.3 Å². The van der Waals surface area contributed by atoms with Crippen LogP contribution in [0.1, 0.15) is 36.3 Å². The molecule has 0 aliphatic carbocycles. The SMILES string of the molecule is CC.CNC(=O)c1cncnc1C(F)F. The molecule has 0 saturated carbocycles. The Labute approximate surface area is 86.7 Å². The number of rotatable bonds is 2. The summed E-state index contributed by atoms with van der Waals surface area (Å²) in [7, 11) is 1.35. The van der Waals surface area contributed by atoms with Crippen LogP contribution in [0.2, 0.25) is 0 Å². The van der Waals surface area contributed by atoms with Crippen molar-refractivity contribution >= 4 is 5.91 Å². The summed E-state index contributed by atoms with van der Waals surface area (Å²) >= 11 is 0. The monoisotopic (exact) mass is 217 g/mol. The average molecular weight is 217 g/mol. The zero-order valence-electron chi connectivity index (χ0n) is 8.79. The van der Waals surface area contributed by atoms with Gasteiger partial charge in [0.2, 0.25) is 0 Å². The van der Waals surface area contributed by atoms with E-state index >= 15 is 0 Å². The normalized spacial score (nSPS) is 9.20. The topological polar surface area (TPSA) is 54.9 Å². The molecule has 1 heterocycles. The minimum Gasteiger partial charge on any atom is -0.355 e. The number of halogens is 2. The summed E-state index contributed by atoms with van der Waals surface area (Å²) in [6.07, 6.45) is -0.725. The molecule has 0 radical (unpaired) electrons. The molecule has 15 heavy (non-hydrogen) atoms. The summed E-state index contributed by atoms with van der Waals surface area (Å²) in [5, 5.41) is 2.22. The van der Waals surface area contributed by atoms with Gasteiger partial charge in [-0.15, -0.1) is 0 Å². The molecule has 0 saturated heterocycles. The van der Waals surface area contributed by atoms with E-state index in [2.05, 4.69) is 15.3 Å². The quantitative estimate of drug-likeness (QED) is 0.821. The summed E-state index contributed by atoms with van der Waals surface area (Å²) in [6, 6.07) is 0. The first-order chi connectivity index (χ1) is 7.16. The van der Waals surface area contributed by atoms with E-state index in [1.165, 1.54) is 7.05 Å². The zero-order chi connectivity index (χ0) is 11.8. The third-order valence-corrected chi connectivity index (χ3v) is 1.42. The Morgan fingerprint density at radius 1 is 1.47 bits per heavy atom. The van der Waals surface area contributed by atoms with Gasteiger partial charge in [0.1, 0.15) is 12.0 Å². The summed E-state index contributed by atoms with van der Waals surface area (Å²) in [6.45, 7) is 4.00. The number of nitrogens with zero attached hydrogens (tertiary/aromatic N) is 2. The van der Waals surface area contributed by atoms with Crippen molar-refractivity contribution in [2.24, 2.45) is 0 Å². The molecule has 0 aliphatic heterocycles. The number of carbonyl (C=O) groups excluding carboxylic acids is 1. The molecule has 0 atom stereocenters. The third-order valence-electron chi connectivity index (χ3n) is 1.42. The van der Waals surface area contributed by atoms with Crippen LogP contribution >= 0.6 is 0 Å². The number of nitrogens with one attached hydrogen (secondary N) is 1. The van der Waals surface area contributed by atoms with Crippen LogP contribution in [0.3, 0.4) is 0 Å². The number of hydrogen-bond acceptors (Lipinski definition) is 3. The molecule has 1 N–H and O–H groups in total. The van der Waals surface area contributed by atoms with Crippen LogP contribution in [0.25, 0.3) is 0 Å². The molecule has 0 aromatic carbocycles. The molecule has 0 spiro atoms. The van der Waals surface area contributed by atoms with Gasteiger partial charge in [0.05, 0.1) is 5.56 Å². The number of alkyl halides is 2. The lowest BCUT2D eigenvalue weighted by Gasteiger charge is -2.04. The van der Waals surface area contributed by atoms with Crippen LogP contribution in [-0.4, -0.2) is 22.9 Å². The summed E-state index contributed by atoms with van der Waals surface area (Å²) in [5.74, 6) is -0.615. The fourth-order valence-corrected chi connectivity index (χ4v) is 0.823. The Morgan fingerprint density at radius 2 is 2.07 bits per heavy atom. The van der Waals surface area contributed by atoms with Gasteiger partial charge in [-0.1, -0.05) is 13.8 Å². The maximum Gasteiger partial charge on any atom is 0.281 e. The molecule has 1 aromatic heterocycles. The highest BCUT2D eigenvalue weighted by Gasteiger charge is 2.18. The molecule has 0 unspecified atom stereocenters. The lowest BCUT2D eigenvalue weighted by atomic mass is 10.2. The zero-order valence-corrected chi connectivity index (χ0v) is 8.79. The van der Waals surface area contributed by atoms with Crippen molar-refractivity contribution in [2.75, 3.05) is 7.05 Å². The molecule has 1 amide bonds. The molecular weight excluding hydrogens is 204 g/mol. The molecule has 6 heteroatoms. The van der Waals surface area contributed by atoms with Crippen molar-refractivity contribution < 1.29 is 13.6 Å². The fourth-order valence-electron chi connectivity index (χ4n) is 0.823. The van der Waals surface area contributed by atoms with Crippen molar-refractivity contribution in [3.63, 3.8) is 0 Å². The number of hydrogen-bond donors (Lipinski definition) is 1. The summed E-state index contributed by atoms with van der Waals surface area (Å²) < 4.78 is 24.5. The van der Waals surface area contributed by atoms with Crippen molar-refractivity contribution in [1.82, 2.24) is 15.3 Å². The van der Waals surface area contributed by atoms with E-state index in [0.29, 0.717) is 0 Å². The first-order valence-corrected chi connectivity index (χ1v) is 4.47. The predicted octanol–water partition coefficient (Wildman–Crippen LogP) is 1.80. The second-order valence-corrected chi connectivity index (χ2v) is 2.20. The van der Waals surface area contributed by atoms with Crippen molar-refractivity contribution in [3.05, 3.63) is 23.8 Å². The molecule has 0 bridgehead atoms.